The highest BCUT2D eigenvalue weighted by Crippen LogP contribution is 2.50. The fraction of sp³-hybridized carbons (Fsp3) is 1.00. The normalized spacial score (nSPS) is 35.0. The van der Waals surface area contributed by atoms with Gasteiger partial charge in [-0.05, 0) is 19.3 Å². The molecule has 0 amide bonds. The van der Waals surface area contributed by atoms with Gasteiger partial charge in [-0.1, -0.05) is 18.9 Å². The molecular formula is C11H22O3Si. The first-order valence-electron chi connectivity index (χ1n) is 6.04. The van der Waals surface area contributed by atoms with Crippen LogP contribution in [-0.2, 0) is 14.2 Å². The number of ether oxygens (including phenoxy) is 3. The quantitative estimate of drug-likeness (QED) is 0.391. The van der Waals surface area contributed by atoms with Crippen molar-refractivity contribution in [2.75, 3.05) is 14.2 Å². The van der Waals surface area contributed by atoms with E-state index in [4.69, 9.17) is 14.2 Å². The van der Waals surface area contributed by atoms with Gasteiger partial charge in [-0.2, -0.15) is 0 Å². The van der Waals surface area contributed by atoms with E-state index in [-0.39, 0.29) is 15.4 Å². The molecule has 2 fully saturated rings. The van der Waals surface area contributed by atoms with Crippen molar-refractivity contribution < 1.29 is 14.2 Å². The Balaban J connectivity index is 1.66. The predicted molar refractivity (Wildman–Crippen MR) is 61.8 cm³/mol. The van der Waals surface area contributed by atoms with Crippen LogP contribution in [-0.4, -0.2) is 41.4 Å². The average Bonchev–Trinajstić information content (AvgIpc) is 2.99. The molecule has 1 saturated carbocycles. The summed E-state index contributed by atoms with van der Waals surface area (Å²) in [6.45, 7) is 0. The molecule has 2 rings (SSSR count). The van der Waals surface area contributed by atoms with Crippen LogP contribution in [0.15, 0.2) is 0 Å². The molecule has 0 aromatic rings. The molecular weight excluding hydrogens is 208 g/mol. The third kappa shape index (κ3) is 2.61. The van der Waals surface area contributed by atoms with Crippen LogP contribution in [0.3, 0.4) is 0 Å². The zero-order valence-electron chi connectivity index (χ0n) is 9.83. The highest BCUT2D eigenvalue weighted by molar-refractivity contribution is 6.36. The van der Waals surface area contributed by atoms with Crippen molar-refractivity contribution in [3.05, 3.63) is 0 Å². The van der Waals surface area contributed by atoms with E-state index in [1.807, 2.05) is 0 Å². The summed E-state index contributed by atoms with van der Waals surface area (Å²) in [7, 11) is 3.21. The number of methoxy groups -OCH3 is 2. The molecule has 2 unspecified atom stereocenters. The van der Waals surface area contributed by atoms with Crippen LogP contribution < -0.4 is 0 Å². The van der Waals surface area contributed by atoms with Gasteiger partial charge in [0.25, 0.3) is 0 Å². The van der Waals surface area contributed by atoms with Crippen LogP contribution >= 0.6 is 0 Å². The zero-order valence-corrected chi connectivity index (χ0v) is 11.2. The number of hydrogen-bond donors (Lipinski definition) is 0. The van der Waals surface area contributed by atoms with Crippen LogP contribution in [0.5, 0.6) is 0 Å². The lowest BCUT2D eigenvalue weighted by atomic mass is 9.87. The van der Waals surface area contributed by atoms with E-state index in [1.54, 1.807) is 14.2 Å². The van der Waals surface area contributed by atoms with Crippen molar-refractivity contribution in [2.24, 2.45) is 0 Å². The number of epoxide rings is 1. The Morgan fingerprint density at radius 3 is 2.87 bits per heavy atom. The Bertz CT molecular complexity index is 208. The highest BCUT2D eigenvalue weighted by Gasteiger charge is 2.56. The lowest BCUT2D eigenvalue weighted by molar-refractivity contribution is -0.0442. The van der Waals surface area contributed by atoms with Crippen LogP contribution in [0.4, 0.5) is 0 Å². The Hall–Kier alpha value is 0.0969. The van der Waals surface area contributed by atoms with Crippen molar-refractivity contribution in [1.82, 2.24) is 0 Å². The van der Waals surface area contributed by atoms with Crippen molar-refractivity contribution in [3.63, 3.8) is 0 Å². The molecule has 1 heterocycles. The maximum Gasteiger partial charge on any atom is 0.134 e. The third-order valence-electron chi connectivity index (χ3n) is 3.79. The van der Waals surface area contributed by atoms with Gasteiger partial charge in [0.1, 0.15) is 5.91 Å². The maximum absolute atomic E-state index is 5.86. The molecule has 88 valence electrons. The van der Waals surface area contributed by atoms with E-state index >= 15 is 0 Å². The fourth-order valence-corrected chi connectivity index (χ4v) is 4.40. The van der Waals surface area contributed by atoms with Gasteiger partial charge >= 0.3 is 0 Å². The monoisotopic (exact) mass is 230 g/mol. The smallest absolute Gasteiger partial charge is 0.134 e. The summed E-state index contributed by atoms with van der Waals surface area (Å²) in [6.07, 6.45) is 7.14. The summed E-state index contributed by atoms with van der Waals surface area (Å²) < 4.78 is 16.3. The molecule has 4 heteroatoms. The molecule has 2 atom stereocenters. The highest BCUT2D eigenvalue weighted by atomic mass is 28.2. The Labute approximate surface area is 94.3 Å². The van der Waals surface area contributed by atoms with Crippen LogP contribution in [0.25, 0.3) is 0 Å². The Kier molecular flexibility index (Phi) is 3.82. The molecule has 0 N–H and O–H groups in total. The fourth-order valence-electron chi connectivity index (χ4n) is 2.79. The lowest BCUT2D eigenvalue weighted by Gasteiger charge is -2.18. The van der Waals surface area contributed by atoms with Crippen LogP contribution in [0.1, 0.15) is 32.1 Å². The van der Waals surface area contributed by atoms with Gasteiger partial charge in [0.15, 0.2) is 0 Å². The molecule has 0 aromatic carbocycles. The van der Waals surface area contributed by atoms with E-state index in [0.29, 0.717) is 11.7 Å². The number of rotatable bonds is 6. The first-order valence-corrected chi connectivity index (χ1v) is 7.86. The molecule has 2 aliphatic rings. The Morgan fingerprint density at radius 1 is 1.40 bits per heavy atom. The van der Waals surface area contributed by atoms with Crippen molar-refractivity contribution in [1.29, 1.82) is 0 Å². The number of hydrogen-bond acceptors (Lipinski definition) is 3. The second-order valence-electron chi connectivity index (χ2n) is 4.71. The first kappa shape index (κ1) is 11.6. The molecule has 1 saturated heterocycles. The van der Waals surface area contributed by atoms with Gasteiger partial charge in [0, 0.05) is 14.2 Å². The summed E-state index contributed by atoms with van der Waals surface area (Å²) in [5.41, 5.74) is 0.303. The van der Waals surface area contributed by atoms with E-state index in [1.165, 1.54) is 38.1 Å². The van der Waals surface area contributed by atoms with Gasteiger partial charge in [-0.3, -0.25) is 0 Å². The molecule has 15 heavy (non-hydrogen) atoms. The summed E-state index contributed by atoms with van der Waals surface area (Å²) in [4.78, 5) is 0. The zero-order chi connectivity index (χ0) is 10.7. The van der Waals surface area contributed by atoms with E-state index in [9.17, 15) is 0 Å². The second-order valence-corrected chi connectivity index (χ2v) is 6.66. The SMILES string of the molecule is COC(OC)[SiH2]CCC12CCCCC1O2. The average molecular weight is 230 g/mol. The lowest BCUT2D eigenvalue weighted by Crippen LogP contribution is -2.25. The molecule has 0 bridgehead atoms. The standard InChI is InChI=1S/C11H22O3Si/c1-12-10(13-2)15-8-7-11-6-4-3-5-9(11)14-11/h9-10H,3-8,15H2,1-2H3. The van der Waals surface area contributed by atoms with Gasteiger partial charge in [-0.15, -0.1) is 0 Å². The van der Waals surface area contributed by atoms with E-state index in [2.05, 4.69) is 0 Å². The van der Waals surface area contributed by atoms with Crippen LogP contribution in [0.2, 0.25) is 6.04 Å². The molecule has 1 aliphatic heterocycles. The largest absolute Gasteiger partial charge is 0.366 e. The van der Waals surface area contributed by atoms with Gasteiger partial charge in [-0.25, -0.2) is 0 Å². The third-order valence-corrected chi connectivity index (χ3v) is 5.69. The minimum Gasteiger partial charge on any atom is -0.366 e. The maximum atomic E-state index is 5.86. The van der Waals surface area contributed by atoms with Gasteiger partial charge in [0.05, 0.1) is 21.2 Å². The first-order chi connectivity index (χ1) is 7.30. The van der Waals surface area contributed by atoms with Gasteiger partial charge < -0.3 is 14.2 Å². The minimum atomic E-state index is -0.255. The summed E-state index contributed by atoms with van der Waals surface area (Å²) in [5.74, 6) is 0.0993. The molecule has 0 radical (unpaired) electrons. The molecule has 0 aromatic heterocycles. The number of fused-ring (bicyclic) bond motifs is 1. The molecule has 3 nitrogen and oxygen atoms in total. The van der Waals surface area contributed by atoms with Crippen molar-refractivity contribution >= 4 is 9.52 Å². The van der Waals surface area contributed by atoms with Crippen molar-refractivity contribution in [3.8, 4) is 0 Å². The second kappa shape index (κ2) is 4.95. The molecule has 1 aliphatic carbocycles. The summed E-state index contributed by atoms with van der Waals surface area (Å²) in [5, 5.41) is 0. The minimum absolute atomic E-state index is 0.0993. The van der Waals surface area contributed by atoms with E-state index in [0.717, 1.165) is 0 Å². The summed E-state index contributed by atoms with van der Waals surface area (Å²) >= 11 is 0. The van der Waals surface area contributed by atoms with Crippen LogP contribution in [0, 0.1) is 0 Å². The van der Waals surface area contributed by atoms with E-state index < -0.39 is 0 Å². The predicted octanol–water partition coefficient (Wildman–Crippen LogP) is 1.25. The van der Waals surface area contributed by atoms with Gasteiger partial charge in [0.2, 0.25) is 0 Å². The van der Waals surface area contributed by atoms with Crippen molar-refractivity contribution in [2.45, 2.75) is 55.8 Å². The molecule has 0 spiro atoms. The summed E-state index contributed by atoms with van der Waals surface area (Å²) in [6, 6.07) is 1.28. The Morgan fingerprint density at radius 2 is 2.20 bits per heavy atom. The topological polar surface area (TPSA) is 31.0 Å².